The second-order valence-electron chi connectivity index (χ2n) is 5.86. The van der Waals surface area contributed by atoms with Crippen molar-refractivity contribution in [2.75, 3.05) is 18.9 Å². The summed E-state index contributed by atoms with van der Waals surface area (Å²) in [6.45, 7) is 2.05. The van der Waals surface area contributed by atoms with Gasteiger partial charge < -0.3 is 9.47 Å². The van der Waals surface area contributed by atoms with Gasteiger partial charge in [-0.05, 0) is 37.8 Å². The van der Waals surface area contributed by atoms with Crippen molar-refractivity contribution in [1.82, 2.24) is 9.78 Å². The van der Waals surface area contributed by atoms with Crippen molar-refractivity contribution >= 4 is 15.8 Å². The first-order valence-corrected chi connectivity index (χ1v) is 9.23. The summed E-state index contributed by atoms with van der Waals surface area (Å²) in [5, 5.41) is 4.27. The van der Waals surface area contributed by atoms with Gasteiger partial charge in [-0.15, -0.1) is 0 Å². The highest BCUT2D eigenvalue weighted by atomic mass is 32.2. The van der Waals surface area contributed by atoms with Crippen LogP contribution in [0.15, 0.2) is 35.4 Å². The number of sulfonamides is 1. The topological polar surface area (TPSA) is 82.4 Å². The molecule has 1 aliphatic rings. The Balaban J connectivity index is 1.94. The van der Waals surface area contributed by atoms with E-state index in [0.717, 1.165) is 12.8 Å². The molecule has 0 aliphatic heterocycles. The van der Waals surface area contributed by atoms with Crippen molar-refractivity contribution in [2.45, 2.75) is 30.7 Å². The highest BCUT2D eigenvalue weighted by molar-refractivity contribution is 7.92. The van der Waals surface area contributed by atoms with Crippen LogP contribution >= 0.6 is 0 Å². The largest absolute Gasteiger partial charge is 0.497 e. The Kier molecular flexibility index (Phi) is 4.40. The predicted molar refractivity (Wildman–Crippen MR) is 90.0 cm³/mol. The number of nitrogens with one attached hydrogen (secondary N) is 1. The number of anilines is 1. The molecule has 8 heteroatoms. The number of ether oxygens (including phenoxy) is 2. The van der Waals surface area contributed by atoms with E-state index in [0.29, 0.717) is 17.5 Å². The average molecular weight is 351 g/mol. The zero-order valence-electron chi connectivity index (χ0n) is 13.9. The second-order valence-corrected chi connectivity index (χ2v) is 7.51. The maximum Gasteiger partial charge on any atom is 0.266 e. The molecule has 1 aromatic heterocycles. The lowest BCUT2D eigenvalue weighted by molar-refractivity contribution is 0.392. The Morgan fingerprint density at radius 1 is 1.25 bits per heavy atom. The van der Waals surface area contributed by atoms with Crippen molar-refractivity contribution in [1.29, 1.82) is 0 Å². The van der Waals surface area contributed by atoms with E-state index in [2.05, 4.69) is 16.7 Å². The first-order valence-electron chi connectivity index (χ1n) is 7.74. The van der Waals surface area contributed by atoms with Crippen molar-refractivity contribution < 1.29 is 17.9 Å². The number of benzene rings is 1. The first kappa shape index (κ1) is 16.6. The molecule has 0 bridgehead atoms. The van der Waals surface area contributed by atoms with Crippen molar-refractivity contribution in [3.63, 3.8) is 0 Å². The molecule has 1 aliphatic carbocycles. The van der Waals surface area contributed by atoms with Gasteiger partial charge in [-0.2, -0.15) is 5.10 Å². The molecule has 1 atom stereocenters. The van der Waals surface area contributed by atoms with Gasteiger partial charge in [0.2, 0.25) is 0 Å². The number of aromatic nitrogens is 2. The van der Waals surface area contributed by atoms with E-state index in [9.17, 15) is 8.42 Å². The standard InChI is InChI=1S/C16H21N3O4S/c1-11(12-4-5-12)19-16(8-9-17-19)18-24(20,21)15-10-13(22-2)6-7-14(15)23-3/h6-12,18H,4-5H2,1-3H3. The molecule has 1 heterocycles. The van der Waals surface area contributed by atoms with Crippen LogP contribution in [0.5, 0.6) is 11.5 Å². The van der Waals surface area contributed by atoms with E-state index in [-0.39, 0.29) is 16.7 Å². The minimum absolute atomic E-state index is 0.0242. The second kappa shape index (κ2) is 6.35. The lowest BCUT2D eigenvalue weighted by Gasteiger charge is -2.17. The summed E-state index contributed by atoms with van der Waals surface area (Å²) in [4.78, 5) is 0.0242. The molecule has 24 heavy (non-hydrogen) atoms. The maximum absolute atomic E-state index is 12.8. The summed E-state index contributed by atoms with van der Waals surface area (Å²) in [5.41, 5.74) is 0. The number of nitrogens with zero attached hydrogens (tertiary/aromatic N) is 2. The monoisotopic (exact) mass is 351 g/mol. The zero-order valence-corrected chi connectivity index (χ0v) is 14.7. The molecule has 1 unspecified atom stereocenters. The van der Waals surface area contributed by atoms with Crippen LogP contribution in [0.4, 0.5) is 5.82 Å². The fraction of sp³-hybridized carbons (Fsp3) is 0.438. The SMILES string of the molecule is COc1ccc(OC)c(S(=O)(=O)Nc2ccnn2C(C)C2CC2)c1. The van der Waals surface area contributed by atoms with Crippen molar-refractivity contribution in [3.05, 3.63) is 30.5 Å². The van der Waals surface area contributed by atoms with Crippen molar-refractivity contribution in [3.8, 4) is 11.5 Å². The molecule has 1 N–H and O–H groups in total. The Morgan fingerprint density at radius 2 is 2.00 bits per heavy atom. The van der Waals surface area contributed by atoms with Crippen LogP contribution in [0.1, 0.15) is 25.8 Å². The van der Waals surface area contributed by atoms with Gasteiger partial charge in [0.25, 0.3) is 10.0 Å². The number of methoxy groups -OCH3 is 2. The smallest absolute Gasteiger partial charge is 0.266 e. The molecule has 0 amide bonds. The van der Waals surface area contributed by atoms with Gasteiger partial charge in [-0.25, -0.2) is 13.1 Å². The van der Waals surface area contributed by atoms with Crippen LogP contribution in [0.2, 0.25) is 0 Å². The highest BCUT2D eigenvalue weighted by Gasteiger charge is 2.31. The molecule has 0 saturated heterocycles. The van der Waals surface area contributed by atoms with E-state index in [1.165, 1.54) is 20.3 Å². The van der Waals surface area contributed by atoms with Gasteiger partial charge in [0.15, 0.2) is 0 Å². The average Bonchev–Trinajstić information content (AvgIpc) is 3.33. The number of rotatable bonds is 7. The molecular formula is C16H21N3O4S. The molecular weight excluding hydrogens is 330 g/mol. The highest BCUT2D eigenvalue weighted by Crippen LogP contribution is 2.40. The summed E-state index contributed by atoms with van der Waals surface area (Å²) in [6.07, 6.45) is 3.90. The Labute approximate surface area is 141 Å². The van der Waals surface area contributed by atoms with Gasteiger partial charge in [0, 0.05) is 12.1 Å². The first-order chi connectivity index (χ1) is 11.5. The molecule has 1 aromatic carbocycles. The van der Waals surface area contributed by atoms with E-state index >= 15 is 0 Å². The Morgan fingerprint density at radius 3 is 2.62 bits per heavy atom. The minimum atomic E-state index is -3.84. The maximum atomic E-state index is 12.8. The molecule has 0 radical (unpaired) electrons. The summed E-state index contributed by atoms with van der Waals surface area (Å²) < 4.78 is 40.3. The summed E-state index contributed by atoms with van der Waals surface area (Å²) in [7, 11) is -0.921. The molecule has 2 aromatic rings. The molecule has 1 saturated carbocycles. The van der Waals surface area contributed by atoms with Gasteiger partial charge in [-0.1, -0.05) is 0 Å². The van der Waals surface area contributed by atoms with Gasteiger partial charge in [-0.3, -0.25) is 4.72 Å². The van der Waals surface area contributed by atoms with Crippen LogP contribution < -0.4 is 14.2 Å². The summed E-state index contributed by atoms with van der Waals surface area (Å²) in [5.74, 6) is 1.69. The van der Waals surface area contributed by atoms with Crippen LogP contribution in [0, 0.1) is 5.92 Å². The predicted octanol–water partition coefficient (Wildman–Crippen LogP) is 2.67. The Hall–Kier alpha value is -2.22. The van der Waals surface area contributed by atoms with E-state index < -0.39 is 10.0 Å². The van der Waals surface area contributed by atoms with Crippen LogP contribution in [-0.4, -0.2) is 32.4 Å². The molecule has 3 rings (SSSR count). The third-order valence-electron chi connectivity index (χ3n) is 4.26. The summed E-state index contributed by atoms with van der Waals surface area (Å²) >= 11 is 0. The lowest BCUT2D eigenvalue weighted by atomic mass is 10.2. The van der Waals surface area contributed by atoms with Crippen LogP contribution in [-0.2, 0) is 10.0 Å². The summed E-state index contributed by atoms with van der Waals surface area (Å²) in [6, 6.07) is 6.47. The van der Waals surface area contributed by atoms with E-state index in [4.69, 9.17) is 9.47 Å². The van der Waals surface area contributed by atoms with Gasteiger partial charge in [0.1, 0.15) is 22.2 Å². The van der Waals surface area contributed by atoms with E-state index in [1.807, 2.05) is 0 Å². The molecule has 130 valence electrons. The van der Waals surface area contributed by atoms with E-state index in [1.54, 1.807) is 29.1 Å². The number of hydrogen-bond donors (Lipinski definition) is 1. The normalized spacial score (nSPS) is 15.8. The van der Waals surface area contributed by atoms with Gasteiger partial charge >= 0.3 is 0 Å². The fourth-order valence-corrected chi connectivity index (χ4v) is 3.92. The third-order valence-corrected chi connectivity index (χ3v) is 5.64. The molecule has 1 fully saturated rings. The van der Waals surface area contributed by atoms with Crippen LogP contribution in [0.3, 0.4) is 0 Å². The molecule has 0 spiro atoms. The minimum Gasteiger partial charge on any atom is -0.497 e. The Bertz CT molecular complexity index is 828. The quantitative estimate of drug-likeness (QED) is 0.829. The van der Waals surface area contributed by atoms with Crippen LogP contribution in [0.25, 0.3) is 0 Å². The third kappa shape index (κ3) is 3.19. The van der Waals surface area contributed by atoms with Crippen molar-refractivity contribution in [2.24, 2.45) is 5.92 Å². The van der Waals surface area contributed by atoms with Gasteiger partial charge in [0.05, 0.1) is 26.5 Å². The number of hydrogen-bond acceptors (Lipinski definition) is 5. The molecule has 7 nitrogen and oxygen atoms in total. The lowest BCUT2D eigenvalue weighted by Crippen LogP contribution is -2.19. The zero-order chi connectivity index (χ0) is 17.3. The fourth-order valence-electron chi connectivity index (χ4n) is 2.68.